The number of para-hydroxylation sites is 3. The Hall–Kier alpha value is -4.11. The molecule has 0 radical (unpaired) electrons. The molecule has 0 saturated carbocycles. The van der Waals surface area contributed by atoms with Crippen molar-refractivity contribution in [2.24, 2.45) is 7.05 Å². The summed E-state index contributed by atoms with van der Waals surface area (Å²) in [6.45, 7) is 0.392. The fourth-order valence-corrected chi connectivity index (χ4v) is 4.26. The van der Waals surface area contributed by atoms with Crippen molar-refractivity contribution >= 4 is 34.4 Å². The van der Waals surface area contributed by atoms with Crippen LogP contribution in [0.2, 0.25) is 0 Å². The van der Waals surface area contributed by atoms with Gasteiger partial charge in [-0.3, -0.25) is 4.79 Å². The number of nitrogens with one attached hydrogen (secondary N) is 1. The number of rotatable bonds is 8. The fraction of sp³-hybridized carbons (Fsp3) is 0.120. The van der Waals surface area contributed by atoms with E-state index in [-0.39, 0.29) is 19.1 Å². The number of aromatic nitrogens is 5. The second kappa shape index (κ2) is 9.80. The van der Waals surface area contributed by atoms with E-state index >= 15 is 0 Å². The number of aryl methyl sites for hydroxylation is 1. The second-order valence-electron chi connectivity index (χ2n) is 7.60. The minimum absolute atomic E-state index is 0.128. The molecule has 170 valence electrons. The smallest absolute Gasteiger partial charge is 0.244 e. The molecule has 5 rings (SSSR count). The summed E-state index contributed by atoms with van der Waals surface area (Å²) >= 11 is 1.51. The van der Waals surface area contributed by atoms with Gasteiger partial charge >= 0.3 is 0 Å². The normalized spacial score (nSPS) is 11.0. The van der Waals surface area contributed by atoms with Crippen molar-refractivity contribution in [3.63, 3.8) is 0 Å². The summed E-state index contributed by atoms with van der Waals surface area (Å²) in [5.74, 6) is 1.30. The molecule has 1 N–H and O–H groups in total. The summed E-state index contributed by atoms with van der Waals surface area (Å²) in [4.78, 5) is 18.6. The molecule has 2 heterocycles. The minimum Gasteiger partial charge on any atom is -0.486 e. The molecule has 0 saturated heterocycles. The highest BCUT2D eigenvalue weighted by Gasteiger charge is 2.15. The Balaban J connectivity index is 1.28. The topological polar surface area (TPSA) is 86.9 Å². The van der Waals surface area contributed by atoms with Gasteiger partial charge < -0.3 is 19.2 Å². The van der Waals surface area contributed by atoms with Gasteiger partial charge in [-0.1, -0.05) is 30.3 Å². The molecule has 9 heteroatoms. The number of hydrogen-bond donors (Lipinski definition) is 1. The van der Waals surface area contributed by atoms with Crippen molar-refractivity contribution < 1.29 is 9.53 Å². The van der Waals surface area contributed by atoms with Crippen LogP contribution in [0.5, 0.6) is 5.75 Å². The van der Waals surface area contributed by atoms with Gasteiger partial charge in [0.1, 0.15) is 31.1 Å². The maximum Gasteiger partial charge on any atom is 0.244 e. The van der Waals surface area contributed by atoms with E-state index in [2.05, 4.69) is 20.5 Å². The third kappa shape index (κ3) is 4.94. The molecule has 0 unspecified atom stereocenters. The highest BCUT2D eigenvalue weighted by atomic mass is 32.2. The number of carbonyl (C=O) groups excluding carboxylic acids is 1. The van der Waals surface area contributed by atoms with Crippen LogP contribution in [0.1, 0.15) is 5.82 Å². The molecule has 5 aromatic rings. The summed E-state index contributed by atoms with van der Waals surface area (Å²) in [7, 11) is 1.90. The van der Waals surface area contributed by atoms with Crippen LogP contribution in [0.4, 0.5) is 5.69 Å². The number of fused-ring (bicyclic) bond motifs is 1. The first kappa shape index (κ1) is 21.7. The first-order valence-electron chi connectivity index (χ1n) is 10.7. The van der Waals surface area contributed by atoms with Crippen LogP contribution in [-0.2, 0) is 25.0 Å². The van der Waals surface area contributed by atoms with Gasteiger partial charge in [-0.25, -0.2) is 4.98 Å². The third-order valence-electron chi connectivity index (χ3n) is 5.16. The minimum atomic E-state index is -0.141. The van der Waals surface area contributed by atoms with Crippen molar-refractivity contribution in [1.82, 2.24) is 24.3 Å². The molecule has 0 fully saturated rings. The predicted octanol–water partition coefficient (Wildman–Crippen LogP) is 4.53. The van der Waals surface area contributed by atoms with Crippen molar-refractivity contribution in [1.29, 1.82) is 0 Å². The van der Waals surface area contributed by atoms with Crippen LogP contribution >= 0.6 is 11.8 Å². The average molecular weight is 471 g/mol. The van der Waals surface area contributed by atoms with Gasteiger partial charge in [-0.2, -0.15) is 0 Å². The van der Waals surface area contributed by atoms with E-state index in [1.807, 2.05) is 95.0 Å². The van der Waals surface area contributed by atoms with Gasteiger partial charge in [0.15, 0.2) is 5.16 Å². The maximum absolute atomic E-state index is 12.9. The first-order valence-corrected chi connectivity index (χ1v) is 11.5. The number of carbonyl (C=O) groups is 1. The number of hydrogen-bond acceptors (Lipinski definition) is 6. The Morgan fingerprint density at radius 1 is 1.00 bits per heavy atom. The third-order valence-corrected chi connectivity index (χ3v) is 6.22. The largest absolute Gasteiger partial charge is 0.486 e. The highest BCUT2D eigenvalue weighted by molar-refractivity contribution is 7.99. The highest BCUT2D eigenvalue weighted by Crippen LogP contribution is 2.26. The lowest BCUT2D eigenvalue weighted by molar-refractivity contribution is -0.116. The molecule has 0 aliphatic carbocycles. The fourth-order valence-electron chi connectivity index (χ4n) is 3.50. The summed E-state index contributed by atoms with van der Waals surface area (Å²) in [6.07, 6.45) is 1.66. The molecule has 34 heavy (non-hydrogen) atoms. The van der Waals surface area contributed by atoms with Gasteiger partial charge in [0.2, 0.25) is 5.91 Å². The van der Waals surface area contributed by atoms with E-state index in [9.17, 15) is 4.79 Å². The number of amides is 1. The summed E-state index contributed by atoms with van der Waals surface area (Å²) in [5.41, 5.74) is 2.44. The zero-order valence-electron chi connectivity index (χ0n) is 18.5. The molecule has 0 atom stereocenters. The van der Waals surface area contributed by atoms with Gasteiger partial charge in [0.05, 0.1) is 11.0 Å². The molecule has 2 aromatic heterocycles. The summed E-state index contributed by atoms with van der Waals surface area (Å²) < 4.78 is 9.65. The molecule has 0 aliphatic rings. The number of imidazole rings is 1. The van der Waals surface area contributed by atoms with Gasteiger partial charge in [-0.05, 0) is 60.3 Å². The quantitative estimate of drug-likeness (QED) is 0.358. The predicted molar refractivity (Wildman–Crippen MR) is 131 cm³/mol. The van der Waals surface area contributed by atoms with Crippen LogP contribution in [0.15, 0.2) is 95.2 Å². The van der Waals surface area contributed by atoms with Gasteiger partial charge in [0, 0.05) is 17.6 Å². The van der Waals surface area contributed by atoms with Crippen LogP contribution < -0.4 is 10.1 Å². The Bertz CT molecular complexity index is 1410. The van der Waals surface area contributed by atoms with Crippen molar-refractivity contribution in [2.45, 2.75) is 23.2 Å². The van der Waals surface area contributed by atoms with E-state index < -0.39 is 0 Å². The van der Waals surface area contributed by atoms with E-state index in [0.717, 1.165) is 32.5 Å². The van der Waals surface area contributed by atoms with E-state index in [4.69, 9.17) is 4.74 Å². The Kier molecular flexibility index (Phi) is 6.26. The number of nitrogens with zero attached hydrogens (tertiary/aromatic N) is 5. The average Bonchev–Trinajstić information content (AvgIpc) is 3.42. The van der Waals surface area contributed by atoms with Crippen LogP contribution in [0, 0.1) is 0 Å². The van der Waals surface area contributed by atoms with Crippen LogP contribution in [-0.4, -0.2) is 30.2 Å². The lowest BCUT2D eigenvalue weighted by Crippen LogP contribution is -2.20. The Morgan fingerprint density at radius 2 is 1.76 bits per heavy atom. The lowest BCUT2D eigenvalue weighted by Gasteiger charge is -2.11. The zero-order valence-corrected chi connectivity index (χ0v) is 19.3. The molecule has 8 nitrogen and oxygen atoms in total. The molecule has 0 aliphatic heterocycles. The van der Waals surface area contributed by atoms with E-state index in [0.29, 0.717) is 5.82 Å². The molecular weight excluding hydrogens is 448 g/mol. The molecule has 3 aromatic carbocycles. The van der Waals surface area contributed by atoms with E-state index in [1.165, 1.54) is 11.8 Å². The number of anilines is 1. The summed E-state index contributed by atoms with van der Waals surface area (Å²) in [5, 5.41) is 11.7. The first-order chi connectivity index (χ1) is 16.7. The van der Waals surface area contributed by atoms with Crippen molar-refractivity contribution in [3.8, 4) is 5.75 Å². The molecular formula is C25H22N6O2S. The monoisotopic (exact) mass is 470 g/mol. The summed E-state index contributed by atoms with van der Waals surface area (Å²) in [6, 6.07) is 25.0. The Morgan fingerprint density at radius 3 is 2.53 bits per heavy atom. The zero-order chi connectivity index (χ0) is 23.3. The van der Waals surface area contributed by atoms with E-state index in [1.54, 1.807) is 6.33 Å². The van der Waals surface area contributed by atoms with Crippen molar-refractivity contribution in [2.75, 3.05) is 5.32 Å². The van der Waals surface area contributed by atoms with Crippen molar-refractivity contribution in [3.05, 3.63) is 91.0 Å². The lowest BCUT2D eigenvalue weighted by atomic mass is 10.3. The number of benzene rings is 3. The Labute approximate surface area is 200 Å². The van der Waals surface area contributed by atoms with Crippen LogP contribution in [0.25, 0.3) is 11.0 Å². The second-order valence-corrected chi connectivity index (χ2v) is 8.64. The maximum atomic E-state index is 12.9. The molecule has 1 amide bonds. The SMILES string of the molecule is Cn1cnnc1Sc1ccc(NC(=O)Cn2c(COc3ccccc3)nc3ccccc32)cc1. The van der Waals surface area contributed by atoms with Gasteiger partial charge in [-0.15, -0.1) is 10.2 Å². The molecule has 0 bridgehead atoms. The van der Waals surface area contributed by atoms with Crippen LogP contribution in [0.3, 0.4) is 0 Å². The van der Waals surface area contributed by atoms with Gasteiger partial charge in [0.25, 0.3) is 0 Å². The standard InChI is InChI=1S/C25H22N6O2S/c1-30-17-26-29-25(30)34-20-13-11-18(12-14-20)27-24(32)15-31-22-10-6-5-9-21(22)28-23(31)16-33-19-7-3-2-4-8-19/h2-14,17H,15-16H2,1H3,(H,27,32). The number of ether oxygens (including phenoxy) is 1. The molecule has 0 spiro atoms.